The third-order valence-electron chi connectivity index (χ3n) is 9.87. The summed E-state index contributed by atoms with van der Waals surface area (Å²) < 4.78 is 28.2. The molecule has 290 valence electrons. The maximum atomic E-state index is 14.1. The molecule has 2 aromatic carbocycles. The first kappa shape index (κ1) is 44.5. The van der Waals surface area contributed by atoms with E-state index in [1.807, 2.05) is 43.3 Å². The van der Waals surface area contributed by atoms with Crippen LogP contribution in [0.1, 0.15) is 96.1 Å². The van der Waals surface area contributed by atoms with Crippen LogP contribution < -0.4 is 15.5 Å². The van der Waals surface area contributed by atoms with Crippen LogP contribution in [0.2, 0.25) is 0 Å². The van der Waals surface area contributed by atoms with E-state index < -0.39 is 58.3 Å². The van der Waals surface area contributed by atoms with Gasteiger partial charge in [0, 0.05) is 49.8 Å². The molecule has 1 aliphatic rings. The van der Waals surface area contributed by atoms with Crippen LogP contribution in [0.4, 0.5) is 11.4 Å². The second-order valence-corrected chi connectivity index (χ2v) is 16.0. The number of nitrogens with one attached hydrogen (secondary N) is 2. The number of aliphatic hydroxyl groups is 6. The minimum Gasteiger partial charge on any atom is -0.394 e. The van der Waals surface area contributed by atoms with Crippen molar-refractivity contribution >= 4 is 27.1 Å². The third-order valence-corrected chi connectivity index (χ3v) is 11.9. The number of nitrogens with zero attached hydrogens (tertiary/aromatic N) is 1. The van der Waals surface area contributed by atoms with Gasteiger partial charge in [-0.15, -0.1) is 0 Å². The van der Waals surface area contributed by atoms with Crippen molar-refractivity contribution in [2.45, 2.75) is 120 Å². The third kappa shape index (κ3) is 11.7. The van der Waals surface area contributed by atoms with Crippen molar-refractivity contribution in [3.05, 3.63) is 53.6 Å². The summed E-state index contributed by atoms with van der Waals surface area (Å²) in [5.74, 6) is -0.968. The molecule has 2 aromatic rings. The van der Waals surface area contributed by atoms with Gasteiger partial charge in [-0.3, -0.25) is 4.79 Å². The lowest BCUT2D eigenvalue weighted by molar-refractivity contribution is -0.116. The predicted molar refractivity (Wildman–Crippen MR) is 202 cm³/mol. The van der Waals surface area contributed by atoms with Crippen molar-refractivity contribution in [1.82, 2.24) is 5.32 Å². The van der Waals surface area contributed by atoms with Gasteiger partial charge < -0.3 is 46.2 Å². The van der Waals surface area contributed by atoms with E-state index in [1.165, 1.54) is 0 Å². The number of fused-ring (bicyclic) bond motifs is 1. The molecule has 0 bridgehead atoms. The number of rotatable bonds is 20. The molecular weight excluding hydrogens is 674 g/mol. The van der Waals surface area contributed by atoms with Crippen LogP contribution in [-0.4, -0.2) is 115 Å². The Kier molecular flexibility index (Phi) is 18.0. The van der Waals surface area contributed by atoms with Gasteiger partial charge in [0.1, 0.15) is 18.3 Å². The molecule has 1 aliphatic heterocycles. The normalized spacial score (nSPS) is 20.2. The molecule has 13 heteroatoms. The second-order valence-electron chi connectivity index (χ2n) is 14.0. The molecule has 6 atom stereocenters. The Bertz CT molecular complexity index is 1460. The van der Waals surface area contributed by atoms with Gasteiger partial charge in [-0.2, -0.15) is 0 Å². The summed E-state index contributed by atoms with van der Waals surface area (Å²) in [5, 5.41) is 66.4. The van der Waals surface area contributed by atoms with Crippen LogP contribution >= 0.6 is 0 Å². The van der Waals surface area contributed by atoms with E-state index >= 15 is 0 Å². The van der Waals surface area contributed by atoms with Gasteiger partial charge >= 0.3 is 0 Å². The molecule has 0 aromatic heterocycles. The van der Waals surface area contributed by atoms with Crippen LogP contribution in [0, 0.1) is 5.41 Å². The van der Waals surface area contributed by atoms with Crippen LogP contribution in [0.25, 0.3) is 0 Å². The Morgan fingerprint density at radius 2 is 1.59 bits per heavy atom. The van der Waals surface area contributed by atoms with E-state index in [4.69, 9.17) is 5.11 Å². The van der Waals surface area contributed by atoms with Gasteiger partial charge in [-0.1, -0.05) is 59.1 Å². The van der Waals surface area contributed by atoms with Gasteiger partial charge in [-0.05, 0) is 73.7 Å². The highest BCUT2D eigenvalue weighted by Crippen LogP contribution is 2.50. The monoisotopic (exact) mass is 737 g/mol. The molecule has 0 saturated heterocycles. The fraction of sp³-hybridized carbons (Fsp3) is 0.658. The van der Waals surface area contributed by atoms with Crippen LogP contribution in [0.3, 0.4) is 0 Å². The summed E-state index contributed by atoms with van der Waals surface area (Å²) in [6, 6.07) is 12.6. The Hall–Kier alpha value is -2.62. The number of unbranched alkanes of at least 4 members (excludes halogenated alkanes) is 3. The zero-order chi connectivity index (χ0) is 37.1. The molecule has 0 saturated carbocycles. The van der Waals surface area contributed by atoms with Gasteiger partial charge in [0.25, 0.3) is 0 Å². The lowest BCUT2D eigenvalue weighted by Gasteiger charge is -2.40. The molecular formula is C38H63N3O9S. The number of carbonyl (C=O) groups is 1. The van der Waals surface area contributed by atoms with Crippen LogP contribution in [0.5, 0.6) is 0 Å². The average Bonchev–Trinajstić information content (AvgIpc) is 3.16. The van der Waals surface area contributed by atoms with Gasteiger partial charge in [0.15, 0.2) is 9.84 Å². The molecule has 1 heterocycles. The van der Waals surface area contributed by atoms with E-state index in [2.05, 4.69) is 24.5 Å². The molecule has 8 N–H and O–H groups in total. The minimum absolute atomic E-state index is 0. The van der Waals surface area contributed by atoms with Crippen molar-refractivity contribution in [3.8, 4) is 0 Å². The summed E-state index contributed by atoms with van der Waals surface area (Å²) in [4.78, 5) is 15.1. The topological polar surface area (TPSA) is 200 Å². The molecule has 0 fully saturated rings. The smallest absolute Gasteiger partial charge is 0.224 e. The fourth-order valence-electron chi connectivity index (χ4n) is 6.89. The molecule has 12 nitrogen and oxygen atoms in total. The molecule has 0 spiro atoms. The number of anilines is 2. The Labute approximate surface area is 304 Å². The maximum Gasteiger partial charge on any atom is 0.224 e. The molecule has 0 radical (unpaired) electrons. The average molecular weight is 738 g/mol. The lowest BCUT2D eigenvalue weighted by atomic mass is 9.68. The summed E-state index contributed by atoms with van der Waals surface area (Å²) in [6.45, 7) is 3.77. The van der Waals surface area contributed by atoms with Gasteiger partial charge in [-0.25, -0.2) is 8.42 Å². The number of hydrogen-bond donors (Lipinski definition) is 8. The van der Waals surface area contributed by atoms with Crippen molar-refractivity contribution in [3.63, 3.8) is 0 Å². The first-order valence-electron chi connectivity index (χ1n) is 17.9. The van der Waals surface area contributed by atoms with Crippen LogP contribution in [-0.2, 0) is 14.6 Å². The fourth-order valence-corrected chi connectivity index (χ4v) is 9.09. The van der Waals surface area contributed by atoms with Gasteiger partial charge in [0.05, 0.1) is 29.5 Å². The number of aliphatic hydroxyl groups excluding tert-OH is 6. The second kappa shape index (κ2) is 20.6. The zero-order valence-electron chi connectivity index (χ0n) is 30.0. The first-order valence-corrected chi connectivity index (χ1v) is 19.5. The Morgan fingerprint density at radius 3 is 2.20 bits per heavy atom. The zero-order valence-corrected chi connectivity index (χ0v) is 30.8. The molecule has 0 aliphatic carbocycles. The SMILES string of the molecule is C.CCCCC1(CCCC)CS(=O)(=O)c2ccc(N(C)C)cc2[C@@H](c2cccc(NC(=O)CCCCNC[C@H](O)[C@@H](O)[C@H](O)[C@H](O)CO)c2)[C@H]1O. The van der Waals surface area contributed by atoms with Crippen molar-refractivity contribution in [1.29, 1.82) is 0 Å². The van der Waals surface area contributed by atoms with Crippen molar-refractivity contribution in [2.75, 3.05) is 49.8 Å². The van der Waals surface area contributed by atoms with E-state index in [0.717, 1.165) is 36.9 Å². The first-order chi connectivity index (χ1) is 23.7. The number of hydrogen-bond acceptors (Lipinski definition) is 11. The Balaban J connectivity index is 0.00000901. The number of carbonyl (C=O) groups excluding carboxylic acids is 1. The van der Waals surface area contributed by atoms with E-state index in [9.17, 15) is 38.7 Å². The highest BCUT2D eigenvalue weighted by Gasteiger charge is 2.49. The van der Waals surface area contributed by atoms with Crippen molar-refractivity contribution in [2.24, 2.45) is 5.41 Å². The molecule has 3 rings (SSSR count). The summed E-state index contributed by atoms with van der Waals surface area (Å²) in [7, 11) is 0.0475. The standard InChI is InChI=1S/C37H59N3O9S.CH4/c1-5-7-17-37(18-8-6-2)24-50(48,49)31-16-15-27(40(3)4)21-28(31)33(36(37)47)25-12-11-13-26(20-25)39-32(44)14-9-10-19-38-22-29(42)34(45)35(46)30(43)23-41;/h11-13,15-16,20-21,29-30,33-36,38,41-43,45-47H,5-10,14,17-19,22-24H2,1-4H3,(H,39,44);1H4/t29-,30+,33+,34+,35+,36+;/m0./s1. The maximum absolute atomic E-state index is 14.1. The Morgan fingerprint density at radius 1 is 0.941 bits per heavy atom. The van der Waals surface area contributed by atoms with Crippen LogP contribution in [0.15, 0.2) is 47.4 Å². The minimum atomic E-state index is -3.74. The molecule has 51 heavy (non-hydrogen) atoms. The quantitative estimate of drug-likeness (QED) is 0.0929. The van der Waals surface area contributed by atoms with E-state index in [-0.39, 0.29) is 36.9 Å². The highest BCUT2D eigenvalue weighted by molar-refractivity contribution is 7.91. The lowest BCUT2D eigenvalue weighted by Crippen LogP contribution is -2.49. The van der Waals surface area contributed by atoms with Crippen molar-refractivity contribution < 1.29 is 43.9 Å². The highest BCUT2D eigenvalue weighted by atomic mass is 32.2. The molecule has 0 unspecified atom stereocenters. The largest absolute Gasteiger partial charge is 0.394 e. The number of sulfone groups is 1. The van der Waals surface area contributed by atoms with Gasteiger partial charge in [0.2, 0.25) is 5.91 Å². The predicted octanol–water partition coefficient (Wildman–Crippen LogP) is 3.17. The molecule has 1 amide bonds. The number of amides is 1. The summed E-state index contributed by atoms with van der Waals surface area (Å²) >= 11 is 0. The van der Waals surface area contributed by atoms with E-state index in [0.29, 0.717) is 43.5 Å². The summed E-state index contributed by atoms with van der Waals surface area (Å²) in [6.07, 6.45) is -1.35. The van der Waals surface area contributed by atoms with E-state index in [1.54, 1.807) is 18.2 Å². The number of benzene rings is 2. The summed E-state index contributed by atoms with van der Waals surface area (Å²) in [5.41, 5.74) is 1.82.